The molecule has 2 amide bonds. The molecule has 9 heteroatoms. The Hall–Kier alpha value is -2.91. The van der Waals surface area contributed by atoms with Crippen molar-refractivity contribution in [2.45, 2.75) is 42.6 Å². The van der Waals surface area contributed by atoms with Crippen LogP contribution in [0, 0.1) is 0 Å². The van der Waals surface area contributed by atoms with E-state index < -0.39 is 0 Å². The molecule has 0 saturated heterocycles. The zero-order valence-electron chi connectivity index (χ0n) is 18.2. The summed E-state index contributed by atoms with van der Waals surface area (Å²) >= 11 is 2.73. The number of nitrogens with zero attached hydrogens (tertiary/aromatic N) is 4. The molecule has 1 aliphatic heterocycles. The Morgan fingerprint density at radius 2 is 1.88 bits per heavy atom. The van der Waals surface area contributed by atoms with Crippen molar-refractivity contribution in [1.82, 2.24) is 10.2 Å². The maximum absolute atomic E-state index is 13.5. The Morgan fingerprint density at radius 1 is 1.12 bits per heavy atom. The molecule has 1 saturated carbocycles. The summed E-state index contributed by atoms with van der Waals surface area (Å²) in [6.07, 6.45) is 2.45. The quantitative estimate of drug-likeness (QED) is 0.360. The number of carbonyl (C=O) groups is 2. The minimum absolute atomic E-state index is 0.0231. The second-order valence-corrected chi connectivity index (χ2v) is 10.1. The lowest BCUT2D eigenvalue weighted by molar-refractivity contribution is -0.118. The van der Waals surface area contributed by atoms with Gasteiger partial charge in [0.05, 0.1) is 17.5 Å². The highest BCUT2D eigenvalue weighted by molar-refractivity contribution is 8.01. The molecule has 2 aliphatic rings. The number of ether oxygens (including phenoxy) is 1. The number of aromatic nitrogens is 2. The topological polar surface area (TPSA) is 75.6 Å². The first-order valence-corrected chi connectivity index (χ1v) is 12.8. The average molecular weight is 481 g/mol. The van der Waals surface area contributed by atoms with Crippen LogP contribution in [-0.2, 0) is 9.59 Å². The van der Waals surface area contributed by atoms with Crippen LogP contribution in [-0.4, -0.2) is 40.4 Å². The second kappa shape index (κ2) is 9.52. The highest BCUT2D eigenvalue weighted by Crippen LogP contribution is 2.40. The fourth-order valence-corrected chi connectivity index (χ4v) is 5.73. The van der Waals surface area contributed by atoms with Gasteiger partial charge in [0.2, 0.25) is 16.9 Å². The normalized spacial score (nSPS) is 17.2. The SMILES string of the molecule is CCC(=O)N(c1nnc(SCC(=O)N2c3ccccc3OC[C@@H]2c2ccccc2)s1)C1CC1. The maximum Gasteiger partial charge on any atom is 0.238 e. The van der Waals surface area contributed by atoms with E-state index in [0.717, 1.165) is 24.1 Å². The van der Waals surface area contributed by atoms with Crippen LogP contribution in [0.1, 0.15) is 37.8 Å². The summed E-state index contributed by atoms with van der Waals surface area (Å²) in [6, 6.07) is 17.6. The lowest BCUT2D eigenvalue weighted by Crippen LogP contribution is -2.42. The van der Waals surface area contributed by atoms with E-state index >= 15 is 0 Å². The smallest absolute Gasteiger partial charge is 0.238 e. The molecule has 2 aromatic carbocycles. The van der Waals surface area contributed by atoms with E-state index in [4.69, 9.17) is 4.74 Å². The number of benzene rings is 2. The molecule has 1 aliphatic carbocycles. The third-order valence-electron chi connectivity index (χ3n) is 5.69. The number of thioether (sulfide) groups is 1. The van der Waals surface area contributed by atoms with Crippen molar-refractivity contribution in [3.05, 3.63) is 60.2 Å². The summed E-state index contributed by atoms with van der Waals surface area (Å²) in [7, 11) is 0. The van der Waals surface area contributed by atoms with Gasteiger partial charge in [-0.25, -0.2) is 0 Å². The molecule has 0 bridgehead atoms. The molecule has 3 aromatic rings. The minimum atomic E-state index is -0.202. The first kappa shape index (κ1) is 21.9. The summed E-state index contributed by atoms with van der Waals surface area (Å²) in [5, 5.41) is 9.11. The van der Waals surface area contributed by atoms with E-state index in [2.05, 4.69) is 10.2 Å². The lowest BCUT2D eigenvalue weighted by Gasteiger charge is -2.37. The predicted molar refractivity (Wildman–Crippen MR) is 130 cm³/mol. The zero-order chi connectivity index (χ0) is 22.8. The highest BCUT2D eigenvalue weighted by atomic mass is 32.2. The van der Waals surface area contributed by atoms with E-state index in [1.807, 2.05) is 66.4 Å². The standard InChI is InChI=1S/C24H24N4O3S2/c1-2-21(29)27(17-12-13-17)23-25-26-24(33-23)32-15-22(30)28-18-10-6-7-11-20(18)31-14-19(28)16-8-4-3-5-9-16/h3-11,17,19H,2,12-15H2,1H3/t19-/m1/s1. The lowest BCUT2D eigenvalue weighted by atomic mass is 10.0. The number of amides is 2. The fourth-order valence-electron chi connectivity index (χ4n) is 3.94. The molecule has 33 heavy (non-hydrogen) atoms. The number of para-hydroxylation sites is 2. The third kappa shape index (κ3) is 4.60. The van der Waals surface area contributed by atoms with Gasteiger partial charge in [-0.05, 0) is 30.5 Å². The molecule has 0 spiro atoms. The van der Waals surface area contributed by atoms with Crippen LogP contribution in [0.4, 0.5) is 10.8 Å². The van der Waals surface area contributed by atoms with Crippen LogP contribution in [0.2, 0.25) is 0 Å². The van der Waals surface area contributed by atoms with Gasteiger partial charge < -0.3 is 4.74 Å². The van der Waals surface area contributed by atoms with E-state index in [-0.39, 0.29) is 29.7 Å². The van der Waals surface area contributed by atoms with Gasteiger partial charge in [-0.1, -0.05) is 72.5 Å². The van der Waals surface area contributed by atoms with E-state index in [9.17, 15) is 9.59 Å². The number of hydrogen-bond acceptors (Lipinski definition) is 7. The van der Waals surface area contributed by atoms with Gasteiger partial charge in [0, 0.05) is 12.5 Å². The minimum Gasteiger partial charge on any atom is -0.489 e. The Bertz CT molecular complexity index is 1150. The average Bonchev–Trinajstić information content (AvgIpc) is 3.59. The van der Waals surface area contributed by atoms with Crippen LogP contribution in [0.15, 0.2) is 58.9 Å². The molecule has 1 aromatic heterocycles. The van der Waals surface area contributed by atoms with E-state index in [1.54, 1.807) is 4.90 Å². The van der Waals surface area contributed by atoms with Crippen LogP contribution in [0.5, 0.6) is 5.75 Å². The number of anilines is 2. The van der Waals surface area contributed by atoms with Crippen molar-refractivity contribution in [3.63, 3.8) is 0 Å². The van der Waals surface area contributed by atoms with Crippen LogP contribution in [0.3, 0.4) is 0 Å². The van der Waals surface area contributed by atoms with E-state index in [1.165, 1.54) is 23.1 Å². The molecule has 170 valence electrons. The predicted octanol–water partition coefficient (Wildman–Crippen LogP) is 4.70. The van der Waals surface area contributed by atoms with Gasteiger partial charge in [0.15, 0.2) is 4.34 Å². The van der Waals surface area contributed by atoms with Gasteiger partial charge in [-0.3, -0.25) is 19.4 Å². The first-order valence-electron chi connectivity index (χ1n) is 11.0. The summed E-state index contributed by atoms with van der Waals surface area (Å²) < 4.78 is 6.65. The van der Waals surface area contributed by atoms with Gasteiger partial charge >= 0.3 is 0 Å². The molecule has 7 nitrogen and oxygen atoms in total. The van der Waals surface area contributed by atoms with Crippen molar-refractivity contribution >= 4 is 45.7 Å². The Labute approximate surface area is 200 Å². The van der Waals surface area contributed by atoms with Crippen molar-refractivity contribution < 1.29 is 14.3 Å². The summed E-state index contributed by atoms with van der Waals surface area (Å²) in [4.78, 5) is 29.4. The largest absolute Gasteiger partial charge is 0.489 e. The molecular formula is C24H24N4O3S2. The van der Waals surface area contributed by atoms with Crippen molar-refractivity contribution in [3.8, 4) is 5.75 Å². The number of carbonyl (C=O) groups excluding carboxylic acids is 2. The number of rotatable bonds is 7. The van der Waals surface area contributed by atoms with Gasteiger partial charge in [0.25, 0.3) is 0 Å². The second-order valence-electron chi connectivity index (χ2n) is 7.96. The number of fused-ring (bicyclic) bond motifs is 1. The fraction of sp³-hybridized carbons (Fsp3) is 0.333. The first-order chi connectivity index (χ1) is 16.2. The Kier molecular flexibility index (Phi) is 6.32. The summed E-state index contributed by atoms with van der Waals surface area (Å²) in [5.41, 5.74) is 1.80. The molecule has 0 N–H and O–H groups in total. The van der Waals surface area contributed by atoms with Crippen LogP contribution in [0.25, 0.3) is 0 Å². The van der Waals surface area contributed by atoms with Crippen molar-refractivity contribution in [2.24, 2.45) is 0 Å². The van der Waals surface area contributed by atoms with Gasteiger partial charge in [-0.15, -0.1) is 10.2 Å². The molecule has 1 atom stereocenters. The van der Waals surface area contributed by atoms with Crippen LogP contribution < -0.4 is 14.5 Å². The maximum atomic E-state index is 13.5. The molecule has 0 radical (unpaired) electrons. The molecule has 0 unspecified atom stereocenters. The molecule has 5 rings (SSSR count). The van der Waals surface area contributed by atoms with Crippen molar-refractivity contribution in [2.75, 3.05) is 22.2 Å². The Balaban J connectivity index is 1.34. The Morgan fingerprint density at radius 3 is 2.64 bits per heavy atom. The molecule has 1 fully saturated rings. The number of hydrogen-bond donors (Lipinski definition) is 0. The van der Waals surface area contributed by atoms with E-state index in [0.29, 0.717) is 28.2 Å². The monoisotopic (exact) mass is 480 g/mol. The third-order valence-corrected chi connectivity index (χ3v) is 7.73. The summed E-state index contributed by atoms with van der Waals surface area (Å²) in [5.74, 6) is 0.971. The van der Waals surface area contributed by atoms with Gasteiger partial charge in [-0.2, -0.15) is 0 Å². The molecule has 2 heterocycles. The highest BCUT2D eigenvalue weighted by Gasteiger charge is 2.36. The summed E-state index contributed by atoms with van der Waals surface area (Å²) in [6.45, 7) is 2.26. The van der Waals surface area contributed by atoms with Gasteiger partial charge in [0.1, 0.15) is 12.4 Å². The zero-order valence-corrected chi connectivity index (χ0v) is 19.8. The van der Waals surface area contributed by atoms with Crippen LogP contribution >= 0.6 is 23.1 Å². The molecular weight excluding hydrogens is 456 g/mol. The van der Waals surface area contributed by atoms with Crippen molar-refractivity contribution in [1.29, 1.82) is 0 Å².